The van der Waals surface area contributed by atoms with Crippen molar-refractivity contribution in [2.75, 3.05) is 23.0 Å². The molecule has 158 valence electrons. The summed E-state index contributed by atoms with van der Waals surface area (Å²) in [5, 5.41) is 14.0. The van der Waals surface area contributed by atoms with Gasteiger partial charge in [-0.2, -0.15) is 0 Å². The summed E-state index contributed by atoms with van der Waals surface area (Å²) in [5.74, 6) is -1.91. The fraction of sp³-hybridized carbons (Fsp3) is 0.238. The number of hydrogen-bond acceptors (Lipinski definition) is 6. The highest BCUT2D eigenvalue weighted by Crippen LogP contribution is 2.22. The van der Waals surface area contributed by atoms with E-state index in [1.54, 1.807) is 55.5 Å². The molecular weight excluding hydrogens is 408 g/mol. The zero-order valence-corrected chi connectivity index (χ0v) is 17.2. The Morgan fingerprint density at radius 2 is 1.63 bits per heavy atom. The van der Waals surface area contributed by atoms with Crippen LogP contribution in [0.25, 0.3) is 0 Å². The zero-order chi connectivity index (χ0) is 21.9. The first-order valence-corrected chi connectivity index (χ1v) is 10.2. The van der Waals surface area contributed by atoms with Crippen molar-refractivity contribution in [3.05, 3.63) is 54.1 Å². The number of rotatable bonds is 10. The molecule has 0 saturated carbocycles. The Labute approximate surface area is 178 Å². The first-order chi connectivity index (χ1) is 14.4. The van der Waals surface area contributed by atoms with Gasteiger partial charge in [-0.3, -0.25) is 14.4 Å². The lowest BCUT2D eigenvalue weighted by atomic mass is 10.2. The van der Waals surface area contributed by atoms with Crippen LogP contribution in [0.3, 0.4) is 0 Å². The summed E-state index contributed by atoms with van der Waals surface area (Å²) in [4.78, 5) is 46.8. The van der Waals surface area contributed by atoms with Crippen molar-refractivity contribution in [2.45, 2.75) is 24.7 Å². The molecule has 0 unspecified atom stereocenters. The normalized spacial score (nSPS) is 10.2. The van der Waals surface area contributed by atoms with Crippen molar-refractivity contribution < 1.29 is 29.0 Å². The van der Waals surface area contributed by atoms with Crippen molar-refractivity contribution in [1.29, 1.82) is 0 Å². The van der Waals surface area contributed by atoms with E-state index in [0.29, 0.717) is 23.5 Å². The highest BCUT2D eigenvalue weighted by Gasteiger charge is 2.09. The van der Waals surface area contributed by atoms with E-state index in [1.807, 2.05) is 0 Å². The number of nitrogens with one attached hydrogen (secondary N) is 2. The lowest BCUT2D eigenvalue weighted by molar-refractivity contribution is -0.138. The maximum absolute atomic E-state index is 12.2. The van der Waals surface area contributed by atoms with Gasteiger partial charge in [-0.25, -0.2) is 4.79 Å². The number of anilines is 2. The fourth-order valence-electron chi connectivity index (χ4n) is 2.36. The molecule has 0 aliphatic heterocycles. The van der Waals surface area contributed by atoms with Crippen molar-refractivity contribution in [2.24, 2.45) is 0 Å². The van der Waals surface area contributed by atoms with Crippen molar-refractivity contribution in [1.82, 2.24) is 0 Å². The van der Waals surface area contributed by atoms with Crippen LogP contribution in [0.5, 0.6) is 0 Å². The van der Waals surface area contributed by atoms with Crippen LogP contribution in [-0.2, 0) is 19.1 Å². The monoisotopic (exact) mass is 430 g/mol. The van der Waals surface area contributed by atoms with Crippen LogP contribution in [0.1, 0.15) is 30.1 Å². The number of carbonyl (C=O) groups excluding carboxylic acids is 3. The van der Waals surface area contributed by atoms with Gasteiger partial charge in [-0.05, 0) is 49.4 Å². The van der Waals surface area contributed by atoms with E-state index in [0.717, 1.165) is 4.90 Å². The average Bonchev–Trinajstić information content (AvgIpc) is 2.72. The maximum atomic E-state index is 12.2. The molecule has 2 amide bonds. The molecule has 0 atom stereocenters. The molecule has 8 nitrogen and oxygen atoms in total. The van der Waals surface area contributed by atoms with Crippen LogP contribution in [-0.4, -0.2) is 41.2 Å². The summed E-state index contributed by atoms with van der Waals surface area (Å²) in [6.45, 7) is 2.02. The molecule has 0 aromatic heterocycles. The lowest BCUT2D eigenvalue weighted by Crippen LogP contribution is -2.14. The van der Waals surface area contributed by atoms with Gasteiger partial charge in [0.05, 0.1) is 24.3 Å². The number of benzene rings is 2. The van der Waals surface area contributed by atoms with Crippen LogP contribution < -0.4 is 10.6 Å². The summed E-state index contributed by atoms with van der Waals surface area (Å²) in [6.07, 6.45) is -0.342. The van der Waals surface area contributed by atoms with Gasteiger partial charge in [0, 0.05) is 22.7 Å². The van der Waals surface area contributed by atoms with Crippen LogP contribution >= 0.6 is 11.8 Å². The Kier molecular flexibility index (Phi) is 8.89. The van der Waals surface area contributed by atoms with Gasteiger partial charge in [0.2, 0.25) is 11.8 Å². The summed E-state index contributed by atoms with van der Waals surface area (Å²) >= 11 is 1.29. The second-order valence-corrected chi connectivity index (χ2v) is 7.15. The minimum atomic E-state index is -1.03. The Morgan fingerprint density at radius 3 is 2.30 bits per heavy atom. The molecule has 0 aliphatic rings. The summed E-state index contributed by atoms with van der Waals surface area (Å²) in [5.41, 5.74) is 1.50. The molecule has 3 N–H and O–H groups in total. The first kappa shape index (κ1) is 23.0. The highest BCUT2D eigenvalue weighted by atomic mass is 32.2. The lowest BCUT2D eigenvalue weighted by Gasteiger charge is -2.08. The molecular formula is C21H22N2O6S. The Bertz CT molecular complexity index is 914. The summed E-state index contributed by atoms with van der Waals surface area (Å²) in [6, 6.07) is 13.4. The summed E-state index contributed by atoms with van der Waals surface area (Å²) < 4.78 is 4.91. The number of aliphatic carboxylic acids is 1. The smallest absolute Gasteiger partial charge is 0.338 e. The molecule has 2 aromatic carbocycles. The number of ether oxygens (including phenoxy) is 1. The molecule has 0 bridgehead atoms. The fourth-order valence-corrected chi connectivity index (χ4v) is 3.11. The van der Waals surface area contributed by atoms with E-state index in [9.17, 15) is 19.2 Å². The topological polar surface area (TPSA) is 122 Å². The minimum Gasteiger partial charge on any atom is -0.481 e. The number of carbonyl (C=O) groups is 4. The Hall–Kier alpha value is -3.33. The molecule has 0 aliphatic carbocycles. The third-order valence-electron chi connectivity index (χ3n) is 3.73. The molecule has 0 fully saturated rings. The number of thioether (sulfide) groups is 1. The molecule has 0 spiro atoms. The molecule has 2 rings (SSSR count). The molecule has 9 heteroatoms. The predicted octanol–water partition coefficient (Wildman–Crippen LogP) is 3.40. The minimum absolute atomic E-state index is 0.107. The van der Waals surface area contributed by atoms with Gasteiger partial charge in [-0.1, -0.05) is 6.07 Å². The number of esters is 1. The van der Waals surface area contributed by atoms with Crippen LogP contribution in [0, 0.1) is 0 Å². The van der Waals surface area contributed by atoms with Crippen LogP contribution in [0.2, 0.25) is 0 Å². The zero-order valence-electron chi connectivity index (χ0n) is 16.3. The first-order valence-electron chi connectivity index (χ1n) is 9.19. The van der Waals surface area contributed by atoms with Crippen molar-refractivity contribution in [3.63, 3.8) is 0 Å². The Morgan fingerprint density at radius 1 is 0.933 bits per heavy atom. The van der Waals surface area contributed by atoms with Gasteiger partial charge in [-0.15, -0.1) is 11.8 Å². The molecule has 30 heavy (non-hydrogen) atoms. The quantitative estimate of drug-likeness (QED) is 0.390. The van der Waals surface area contributed by atoms with Gasteiger partial charge >= 0.3 is 11.9 Å². The van der Waals surface area contributed by atoms with Gasteiger partial charge in [0.25, 0.3) is 0 Å². The number of carboxylic acids is 1. The van der Waals surface area contributed by atoms with E-state index >= 15 is 0 Å². The number of carboxylic acid groups (broad SMARTS) is 1. The predicted molar refractivity (Wildman–Crippen MR) is 114 cm³/mol. The molecule has 0 radical (unpaired) electrons. The van der Waals surface area contributed by atoms with E-state index in [1.165, 1.54) is 11.8 Å². The van der Waals surface area contributed by atoms with Gasteiger partial charge in [0.15, 0.2) is 0 Å². The third-order valence-corrected chi connectivity index (χ3v) is 4.73. The number of hydrogen-bond donors (Lipinski definition) is 3. The standard InChI is InChI=1S/C21H22N2O6S/c1-2-29-21(28)14-6-8-15(9-7-14)22-19(25)13-30-17-5-3-4-16(12-17)23-18(24)10-11-20(26)27/h3-9,12H,2,10-11,13H2,1H3,(H,22,25)(H,23,24)(H,26,27). The van der Waals surface area contributed by atoms with Crippen LogP contribution in [0.15, 0.2) is 53.4 Å². The SMILES string of the molecule is CCOC(=O)c1ccc(NC(=O)CSc2cccc(NC(=O)CCC(=O)O)c2)cc1. The molecule has 2 aromatic rings. The van der Waals surface area contributed by atoms with Gasteiger partial charge in [0.1, 0.15) is 0 Å². The molecule has 0 saturated heterocycles. The van der Waals surface area contributed by atoms with E-state index in [-0.39, 0.29) is 30.4 Å². The van der Waals surface area contributed by atoms with Gasteiger partial charge < -0.3 is 20.5 Å². The Balaban J connectivity index is 1.83. The van der Waals surface area contributed by atoms with Crippen molar-refractivity contribution in [3.8, 4) is 0 Å². The summed E-state index contributed by atoms with van der Waals surface area (Å²) in [7, 11) is 0. The third kappa shape index (κ3) is 7.96. The highest BCUT2D eigenvalue weighted by molar-refractivity contribution is 8.00. The van der Waals surface area contributed by atoms with E-state index in [2.05, 4.69) is 10.6 Å². The second-order valence-electron chi connectivity index (χ2n) is 6.10. The maximum Gasteiger partial charge on any atom is 0.338 e. The number of amides is 2. The largest absolute Gasteiger partial charge is 0.481 e. The second kappa shape index (κ2) is 11.6. The van der Waals surface area contributed by atoms with Crippen LogP contribution in [0.4, 0.5) is 11.4 Å². The van der Waals surface area contributed by atoms with E-state index in [4.69, 9.17) is 9.84 Å². The van der Waals surface area contributed by atoms with E-state index < -0.39 is 11.9 Å². The van der Waals surface area contributed by atoms with Crippen molar-refractivity contribution >= 4 is 46.9 Å². The average molecular weight is 430 g/mol. The molecule has 0 heterocycles.